The van der Waals surface area contributed by atoms with Crippen molar-refractivity contribution in [1.29, 1.82) is 0 Å². The molecule has 1 rings (SSSR count). The van der Waals surface area contributed by atoms with E-state index >= 15 is 0 Å². The maximum atomic E-state index is 12.3. The molecule has 28 heavy (non-hydrogen) atoms. The highest BCUT2D eigenvalue weighted by Crippen LogP contribution is 2.18. The Morgan fingerprint density at radius 1 is 1.14 bits per heavy atom. The Labute approximate surface area is 169 Å². The van der Waals surface area contributed by atoms with Crippen molar-refractivity contribution in [3.8, 4) is 0 Å². The maximum Gasteiger partial charge on any atom is 0.407 e. The Kier molecular flexibility index (Phi) is 9.49. The Balaban J connectivity index is 2.22. The van der Waals surface area contributed by atoms with Crippen molar-refractivity contribution >= 4 is 17.9 Å². The van der Waals surface area contributed by atoms with Crippen LogP contribution < -0.4 is 10.6 Å². The van der Waals surface area contributed by atoms with Gasteiger partial charge in [-0.3, -0.25) is 9.59 Å². The normalized spacial score (nSPS) is 16.1. The molecule has 0 aromatic carbocycles. The third-order valence-electron chi connectivity index (χ3n) is 4.80. The molecule has 0 aromatic rings. The van der Waals surface area contributed by atoms with Crippen LogP contribution in [0.4, 0.5) is 4.79 Å². The van der Waals surface area contributed by atoms with Crippen molar-refractivity contribution in [3.05, 3.63) is 11.6 Å². The molecule has 0 atom stereocenters. The number of carbonyl (C=O) groups is 3. The first-order chi connectivity index (χ1) is 13.0. The second-order valence-electron chi connectivity index (χ2n) is 8.79. The lowest BCUT2D eigenvalue weighted by molar-refractivity contribution is -0.128. The molecule has 0 bridgehead atoms. The second kappa shape index (κ2) is 11.1. The molecule has 2 N–H and O–H groups in total. The fraction of sp³-hybridized carbons (Fsp3) is 0.762. The average Bonchev–Trinajstić information content (AvgIpc) is 2.58. The van der Waals surface area contributed by atoms with Gasteiger partial charge in [-0.15, -0.1) is 0 Å². The highest BCUT2D eigenvalue weighted by Gasteiger charge is 2.22. The van der Waals surface area contributed by atoms with Gasteiger partial charge in [0.15, 0.2) is 0 Å². The van der Waals surface area contributed by atoms with E-state index in [0.717, 1.165) is 31.5 Å². The highest BCUT2D eigenvalue weighted by atomic mass is 16.6. The van der Waals surface area contributed by atoms with E-state index in [1.807, 2.05) is 11.8 Å². The summed E-state index contributed by atoms with van der Waals surface area (Å²) in [6, 6.07) is 0. The van der Waals surface area contributed by atoms with Gasteiger partial charge in [-0.05, 0) is 52.4 Å². The molecule has 1 fully saturated rings. The Bertz CT molecular complexity index is 571. The number of nitrogens with zero attached hydrogens (tertiary/aromatic N) is 1. The molecule has 0 spiro atoms. The topological polar surface area (TPSA) is 87.7 Å². The first kappa shape index (κ1) is 24.0. The van der Waals surface area contributed by atoms with E-state index in [1.54, 1.807) is 26.8 Å². The zero-order valence-electron chi connectivity index (χ0n) is 18.3. The van der Waals surface area contributed by atoms with Gasteiger partial charge in [-0.25, -0.2) is 4.79 Å². The predicted molar refractivity (Wildman–Crippen MR) is 110 cm³/mol. The number of amides is 3. The molecule has 0 aliphatic carbocycles. The minimum Gasteiger partial charge on any atom is -0.444 e. The summed E-state index contributed by atoms with van der Waals surface area (Å²) in [5.41, 5.74) is 0.547. The fourth-order valence-corrected chi connectivity index (χ4v) is 2.75. The van der Waals surface area contributed by atoms with Crippen LogP contribution in [0.3, 0.4) is 0 Å². The van der Waals surface area contributed by atoms with Crippen LogP contribution in [0.1, 0.15) is 60.8 Å². The van der Waals surface area contributed by atoms with E-state index < -0.39 is 11.7 Å². The molecule has 0 unspecified atom stereocenters. The Morgan fingerprint density at radius 3 is 2.29 bits per heavy atom. The van der Waals surface area contributed by atoms with Gasteiger partial charge in [0.1, 0.15) is 5.60 Å². The molecule has 7 heteroatoms. The zero-order chi connectivity index (χ0) is 21.3. The standard InChI is InChI=1S/C21H37N3O4/c1-15(2)16(3)13-19(26)24-11-8-17(9-12-24)14-23-18(25)7-10-22-20(27)28-21(4,5)6/h13,15,17H,7-12,14H2,1-6H3,(H,22,27)(H,23,25)/b16-13+. The highest BCUT2D eigenvalue weighted by molar-refractivity contribution is 5.88. The summed E-state index contributed by atoms with van der Waals surface area (Å²) in [6.45, 7) is 13.8. The largest absolute Gasteiger partial charge is 0.444 e. The molecule has 1 saturated heterocycles. The molecule has 1 aliphatic rings. The van der Waals surface area contributed by atoms with Crippen molar-refractivity contribution in [2.75, 3.05) is 26.2 Å². The van der Waals surface area contributed by atoms with Gasteiger partial charge >= 0.3 is 6.09 Å². The molecule has 1 heterocycles. The minimum absolute atomic E-state index is 0.0851. The number of alkyl carbamates (subject to hydrolysis) is 1. The number of rotatable bonds is 7. The number of likely N-dealkylation sites (tertiary alicyclic amines) is 1. The first-order valence-electron chi connectivity index (χ1n) is 10.2. The summed E-state index contributed by atoms with van der Waals surface area (Å²) in [5.74, 6) is 0.746. The lowest BCUT2D eigenvalue weighted by Gasteiger charge is -2.31. The Hall–Kier alpha value is -2.05. The van der Waals surface area contributed by atoms with E-state index in [4.69, 9.17) is 4.74 Å². The Morgan fingerprint density at radius 2 is 1.75 bits per heavy atom. The van der Waals surface area contributed by atoms with Crippen LogP contribution in [0.5, 0.6) is 0 Å². The van der Waals surface area contributed by atoms with E-state index in [-0.39, 0.29) is 24.8 Å². The zero-order valence-corrected chi connectivity index (χ0v) is 18.3. The summed E-state index contributed by atoms with van der Waals surface area (Å²) >= 11 is 0. The summed E-state index contributed by atoms with van der Waals surface area (Å²) in [6.07, 6.45) is 3.22. The van der Waals surface area contributed by atoms with Gasteiger partial charge in [-0.1, -0.05) is 19.4 Å². The van der Waals surface area contributed by atoms with Crippen molar-refractivity contribution in [2.24, 2.45) is 11.8 Å². The molecule has 0 radical (unpaired) electrons. The third kappa shape index (κ3) is 9.76. The molecular formula is C21H37N3O4. The van der Waals surface area contributed by atoms with Crippen LogP contribution in [-0.4, -0.2) is 54.6 Å². The van der Waals surface area contributed by atoms with Crippen LogP contribution in [0, 0.1) is 11.8 Å². The number of carbonyl (C=O) groups excluding carboxylic acids is 3. The summed E-state index contributed by atoms with van der Waals surface area (Å²) < 4.78 is 5.12. The summed E-state index contributed by atoms with van der Waals surface area (Å²) in [7, 11) is 0. The van der Waals surface area contributed by atoms with Gasteiger partial charge < -0.3 is 20.3 Å². The molecule has 160 valence electrons. The number of ether oxygens (including phenoxy) is 1. The van der Waals surface area contributed by atoms with Gasteiger partial charge in [0.25, 0.3) is 0 Å². The second-order valence-corrected chi connectivity index (χ2v) is 8.79. The fourth-order valence-electron chi connectivity index (χ4n) is 2.75. The third-order valence-corrected chi connectivity index (χ3v) is 4.80. The number of nitrogens with one attached hydrogen (secondary N) is 2. The molecule has 7 nitrogen and oxygen atoms in total. The summed E-state index contributed by atoms with van der Waals surface area (Å²) in [4.78, 5) is 37.6. The first-order valence-corrected chi connectivity index (χ1v) is 10.2. The summed E-state index contributed by atoms with van der Waals surface area (Å²) in [5, 5.41) is 5.50. The smallest absolute Gasteiger partial charge is 0.407 e. The molecule has 1 aliphatic heterocycles. The lowest BCUT2D eigenvalue weighted by atomic mass is 9.96. The number of allylic oxidation sites excluding steroid dienone is 1. The lowest BCUT2D eigenvalue weighted by Crippen LogP contribution is -2.41. The van der Waals surface area contributed by atoms with Gasteiger partial charge in [-0.2, -0.15) is 0 Å². The number of piperidine rings is 1. The number of hydrogen-bond donors (Lipinski definition) is 2. The predicted octanol–water partition coefficient (Wildman–Crippen LogP) is 2.86. The minimum atomic E-state index is -0.550. The van der Waals surface area contributed by atoms with E-state index in [0.29, 0.717) is 18.4 Å². The average molecular weight is 396 g/mol. The van der Waals surface area contributed by atoms with Gasteiger partial charge in [0, 0.05) is 38.7 Å². The van der Waals surface area contributed by atoms with E-state index in [1.165, 1.54) is 0 Å². The molecule has 3 amide bonds. The van der Waals surface area contributed by atoms with Crippen LogP contribution in [0.25, 0.3) is 0 Å². The van der Waals surface area contributed by atoms with Gasteiger partial charge in [0.05, 0.1) is 0 Å². The van der Waals surface area contributed by atoms with Crippen molar-refractivity contribution < 1.29 is 19.1 Å². The van der Waals surface area contributed by atoms with Crippen LogP contribution in [-0.2, 0) is 14.3 Å². The van der Waals surface area contributed by atoms with Crippen LogP contribution in [0.15, 0.2) is 11.6 Å². The van der Waals surface area contributed by atoms with Crippen LogP contribution >= 0.6 is 0 Å². The van der Waals surface area contributed by atoms with Crippen molar-refractivity contribution in [1.82, 2.24) is 15.5 Å². The van der Waals surface area contributed by atoms with Crippen molar-refractivity contribution in [3.63, 3.8) is 0 Å². The van der Waals surface area contributed by atoms with Crippen LogP contribution in [0.2, 0.25) is 0 Å². The van der Waals surface area contributed by atoms with Crippen molar-refractivity contribution in [2.45, 2.75) is 66.4 Å². The quantitative estimate of drug-likeness (QED) is 0.649. The van der Waals surface area contributed by atoms with E-state index in [9.17, 15) is 14.4 Å². The monoisotopic (exact) mass is 395 g/mol. The van der Waals surface area contributed by atoms with E-state index in [2.05, 4.69) is 24.5 Å². The molecule has 0 saturated carbocycles. The maximum absolute atomic E-state index is 12.3. The molecule has 0 aromatic heterocycles. The molecular weight excluding hydrogens is 358 g/mol. The number of hydrogen-bond acceptors (Lipinski definition) is 4. The SMILES string of the molecule is C/C(=C\C(=O)N1CCC(CNC(=O)CCNC(=O)OC(C)(C)C)CC1)C(C)C. The van der Waals surface area contributed by atoms with Gasteiger partial charge in [0.2, 0.25) is 11.8 Å².